The van der Waals surface area contributed by atoms with Crippen LogP contribution in [0.5, 0.6) is 0 Å². The number of hydrogen-bond acceptors (Lipinski definition) is 4. The minimum atomic E-state index is -0.189. The number of benzene rings is 2. The van der Waals surface area contributed by atoms with Gasteiger partial charge < -0.3 is 15.6 Å². The molecule has 1 amide bonds. The number of aromatic nitrogens is 3. The lowest BCUT2D eigenvalue weighted by Crippen LogP contribution is -2.23. The summed E-state index contributed by atoms with van der Waals surface area (Å²) in [7, 11) is 0. The summed E-state index contributed by atoms with van der Waals surface area (Å²) in [5.41, 5.74) is 4.89. The highest BCUT2D eigenvalue weighted by atomic mass is 35.5. The molecule has 3 N–H and O–H groups in total. The Labute approximate surface area is 179 Å². The van der Waals surface area contributed by atoms with Crippen LogP contribution in [0.3, 0.4) is 0 Å². The maximum Gasteiger partial charge on any atom is 0.235 e. The number of hydrogen-bond donors (Lipinski definition) is 3. The van der Waals surface area contributed by atoms with Crippen molar-refractivity contribution in [2.75, 3.05) is 11.2 Å². The molecular weight excluding hydrogens is 398 g/mol. The molecule has 0 unspecified atom stereocenters. The van der Waals surface area contributed by atoms with Crippen LogP contribution in [0.25, 0.3) is 22.3 Å². The number of H-pyrrole nitrogens is 1. The van der Waals surface area contributed by atoms with E-state index in [-0.39, 0.29) is 17.8 Å². The number of fused-ring (bicyclic) bond motifs is 1. The van der Waals surface area contributed by atoms with Gasteiger partial charge in [0.05, 0.1) is 5.39 Å². The van der Waals surface area contributed by atoms with Crippen molar-refractivity contribution < 1.29 is 4.79 Å². The number of carbonyl (C=O) groups is 1. The molecule has 0 radical (unpaired) electrons. The van der Waals surface area contributed by atoms with Gasteiger partial charge in [0.2, 0.25) is 5.91 Å². The number of carbonyl (C=O) groups excluding carboxylic acids is 1. The second-order valence-electron chi connectivity index (χ2n) is 7.06. The van der Waals surface area contributed by atoms with Gasteiger partial charge in [-0.15, -0.1) is 11.6 Å². The predicted octanol–water partition coefficient (Wildman–Crippen LogP) is 4.65. The SMILES string of the molecule is C[C@@H](Nc1ncnc2[nH]c(-c3cccc(CNC(=O)CCl)c3)cc12)c1ccccc1. The number of amides is 1. The summed E-state index contributed by atoms with van der Waals surface area (Å²) in [4.78, 5) is 23.6. The van der Waals surface area contributed by atoms with E-state index >= 15 is 0 Å². The number of rotatable bonds is 7. The summed E-state index contributed by atoms with van der Waals surface area (Å²) in [6, 6.07) is 20.4. The van der Waals surface area contributed by atoms with Gasteiger partial charge in [0, 0.05) is 18.3 Å². The Balaban J connectivity index is 1.60. The fourth-order valence-electron chi connectivity index (χ4n) is 3.34. The Hall–Kier alpha value is -3.38. The number of alkyl halides is 1. The van der Waals surface area contributed by atoms with Crippen LogP contribution in [0.1, 0.15) is 24.1 Å². The highest BCUT2D eigenvalue weighted by molar-refractivity contribution is 6.27. The van der Waals surface area contributed by atoms with Crippen molar-refractivity contribution in [1.29, 1.82) is 0 Å². The zero-order valence-electron chi connectivity index (χ0n) is 16.5. The molecule has 7 heteroatoms. The first kappa shape index (κ1) is 19.9. The third-order valence-electron chi connectivity index (χ3n) is 4.93. The molecule has 0 aliphatic carbocycles. The van der Waals surface area contributed by atoms with Crippen molar-refractivity contribution in [2.45, 2.75) is 19.5 Å². The zero-order chi connectivity index (χ0) is 20.9. The van der Waals surface area contributed by atoms with Crippen molar-refractivity contribution in [3.05, 3.63) is 78.1 Å². The van der Waals surface area contributed by atoms with Crippen LogP contribution in [0.4, 0.5) is 5.82 Å². The maximum absolute atomic E-state index is 11.4. The van der Waals surface area contributed by atoms with Gasteiger partial charge in [-0.2, -0.15) is 0 Å². The molecule has 6 nitrogen and oxygen atoms in total. The molecule has 4 rings (SSSR count). The summed E-state index contributed by atoms with van der Waals surface area (Å²) in [6.07, 6.45) is 1.56. The van der Waals surface area contributed by atoms with E-state index in [9.17, 15) is 4.79 Å². The first-order valence-electron chi connectivity index (χ1n) is 9.71. The predicted molar refractivity (Wildman–Crippen MR) is 120 cm³/mol. The highest BCUT2D eigenvalue weighted by Crippen LogP contribution is 2.29. The third kappa shape index (κ3) is 4.44. The average molecular weight is 420 g/mol. The van der Waals surface area contributed by atoms with Crippen LogP contribution in [0.15, 0.2) is 67.0 Å². The van der Waals surface area contributed by atoms with E-state index in [4.69, 9.17) is 11.6 Å². The Bertz CT molecular complexity index is 1160. The fourth-order valence-corrected chi connectivity index (χ4v) is 3.43. The smallest absolute Gasteiger partial charge is 0.235 e. The molecule has 0 aliphatic rings. The van der Waals surface area contributed by atoms with Crippen molar-refractivity contribution in [3.8, 4) is 11.3 Å². The van der Waals surface area contributed by atoms with Gasteiger partial charge in [-0.3, -0.25) is 4.79 Å². The van der Waals surface area contributed by atoms with Crippen LogP contribution >= 0.6 is 11.6 Å². The molecule has 152 valence electrons. The van der Waals surface area contributed by atoms with Crippen LogP contribution in [0.2, 0.25) is 0 Å². The molecule has 2 heterocycles. The molecule has 1 atom stereocenters. The molecule has 0 saturated carbocycles. The molecular formula is C23H22ClN5O. The van der Waals surface area contributed by atoms with Gasteiger partial charge in [0.15, 0.2) is 0 Å². The van der Waals surface area contributed by atoms with E-state index in [1.165, 1.54) is 5.56 Å². The number of aromatic amines is 1. The van der Waals surface area contributed by atoms with Crippen LogP contribution < -0.4 is 10.6 Å². The first-order chi connectivity index (χ1) is 14.6. The number of halogens is 1. The number of nitrogens with one attached hydrogen (secondary N) is 3. The molecule has 0 spiro atoms. The van der Waals surface area contributed by atoms with E-state index in [0.717, 1.165) is 33.7 Å². The second-order valence-corrected chi connectivity index (χ2v) is 7.32. The van der Waals surface area contributed by atoms with Crippen LogP contribution in [-0.4, -0.2) is 26.7 Å². The molecule has 0 fully saturated rings. The Morgan fingerprint density at radius 3 is 2.73 bits per heavy atom. The Kier molecular flexibility index (Phi) is 5.95. The van der Waals surface area contributed by atoms with Crippen molar-refractivity contribution >= 4 is 34.4 Å². The summed E-state index contributed by atoms with van der Waals surface area (Å²) < 4.78 is 0. The molecule has 30 heavy (non-hydrogen) atoms. The molecule has 0 saturated heterocycles. The van der Waals surface area contributed by atoms with E-state index in [1.54, 1.807) is 6.33 Å². The molecule has 0 bridgehead atoms. The van der Waals surface area contributed by atoms with Crippen molar-refractivity contribution in [2.24, 2.45) is 0 Å². The normalized spacial score (nSPS) is 11.9. The highest BCUT2D eigenvalue weighted by Gasteiger charge is 2.13. The Morgan fingerprint density at radius 1 is 1.10 bits per heavy atom. The van der Waals surface area contributed by atoms with Crippen molar-refractivity contribution in [1.82, 2.24) is 20.3 Å². The maximum atomic E-state index is 11.4. The van der Waals surface area contributed by atoms with E-state index < -0.39 is 0 Å². The van der Waals surface area contributed by atoms with Gasteiger partial charge >= 0.3 is 0 Å². The lowest BCUT2D eigenvalue weighted by molar-refractivity contribution is -0.118. The first-order valence-corrected chi connectivity index (χ1v) is 10.2. The lowest BCUT2D eigenvalue weighted by Gasteiger charge is -2.15. The standard InChI is InChI=1S/C23H22ClN5O/c1-15(17-7-3-2-4-8-17)28-22-19-11-20(29-23(19)27-14-26-22)18-9-5-6-16(10-18)13-25-21(30)12-24/h2-11,14-15H,12-13H2,1H3,(H,25,30)(H2,26,27,28,29)/t15-/m1/s1. The Morgan fingerprint density at radius 2 is 1.93 bits per heavy atom. The van der Waals surface area contributed by atoms with Crippen molar-refractivity contribution in [3.63, 3.8) is 0 Å². The van der Waals surface area contributed by atoms with Gasteiger partial charge in [-0.1, -0.05) is 48.5 Å². The van der Waals surface area contributed by atoms with E-state index in [2.05, 4.69) is 44.6 Å². The van der Waals surface area contributed by atoms with Gasteiger partial charge in [-0.05, 0) is 35.7 Å². The minimum absolute atomic E-state index is 0.0441. The molecule has 0 aliphatic heterocycles. The summed E-state index contributed by atoms with van der Waals surface area (Å²) in [5.74, 6) is 0.549. The number of nitrogens with zero attached hydrogens (tertiary/aromatic N) is 2. The van der Waals surface area contributed by atoms with Gasteiger partial charge in [0.25, 0.3) is 0 Å². The quantitative estimate of drug-likeness (QED) is 0.381. The van der Waals surface area contributed by atoms with E-state index in [0.29, 0.717) is 6.54 Å². The van der Waals surface area contributed by atoms with Gasteiger partial charge in [0.1, 0.15) is 23.7 Å². The lowest BCUT2D eigenvalue weighted by atomic mass is 10.1. The second kappa shape index (κ2) is 8.97. The molecule has 4 aromatic rings. The molecule has 2 aromatic carbocycles. The third-order valence-corrected chi connectivity index (χ3v) is 5.17. The summed E-state index contributed by atoms with van der Waals surface area (Å²) >= 11 is 5.54. The van der Waals surface area contributed by atoms with Gasteiger partial charge in [-0.25, -0.2) is 9.97 Å². The topological polar surface area (TPSA) is 82.7 Å². The monoisotopic (exact) mass is 419 g/mol. The minimum Gasteiger partial charge on any atom is -0.363 e. The largest absolute Gasteiger partial charge is 0.363 e. The van der Waals surface area contributed by atoms with Crippen LogP contribution in [0, 0.1) is 0 Å². The van der Waals surface area contributed by atoms with E-state index in [1.807, 2.05) is 48.5 Å². The number of anilines is 1. The zero-order valence-corrected chi connectivity index (χ0v) is 17.3. The summed E-state index contributed by atoms with van der Waals surface area (Å²) in [5, 5.41) is 7.20. The summed E-state index contributed by atoms with van der Waals surface area (Å²) in [6.45, 7) is 2.54. The fraction of sp³-hybridized carbons (Fsp3) is 0.174. The van der Waals surface area contributed by atoms with Crippen LogP contribution in [-0.2, 0) is 11.3 Å². The molecule has 2 aromatic heterocycles. The average Bonchev–Trinajstić information content (AvgIpc) is 3.24.